The second-order valence-electron chi connectivity index (χ2n) is 7.41. The fraction of sp³-hybridized carbons (Fsp3) is 0.208. The molecule has 1 nitrogen and oxygen atoms in total. The average Bonchev–Trinajstić information content (AvgIpc) is 2.63. The first-order valence-electron chi connectivity index (χ1n) is 8.96. The maximum absolute atomic E-state index is 4.50. The number of fused-ring (bicyclic) bond motifs is 1. The Labute approximate surface area is 150 Å². The van der Waals surface area contributed by atoms with Crippen molar-refractivity contribution >= 4 is 11.6 Å². The van der Waals surface area contributed by atoms with Crippen LogP contribution in [0.5, 0.6) is 0 Å². The van der Waals surface area contributed by atoms with Crippen molar-refractivity contribution in [1.82, 2.24) is 4.98 Å². The van der Waals surface area contributed by atoms with Gasteiger partial charge in [-0.25, -0.2) is 0 Å². The van der Waals surface area contributed by atoms with Gasteiger partial charge >= 0.3 is 0 Å². The van der Waals surface area contributed by atoms with Crippen LogP contribution in [0.3, 0.4) is 0 Å². The molecule has 4 rings (SSSR count). The van der Waals surface area contributed by atoms with Gasteiger partial charge in [-0.1, -0.05) is 67.6 Å². The summed E-state index contributed by atoms with van der Waals surface area (Å²) in [6, 6.07) is 25.8. The maximum atomic E-state index is 4.50. The van der Waals surface area contributed by atoms with Crippen molar-refractivity contribution in [2.24, 2.45) is 5.41 Å². The molecular weight excluding hydrogens is 302 g/mol. The van der Waals surface area contributed by atoms with E-state index in [1.165, 1.54) is 22.3 Å². The molecule has 0 bridgehead atoms. The van der Waals surface area contributed by atoms with Crippen LogP contribution in [-0.2, 0) is 12.8 Å². The van der Waals surface area contributed by atoms with E-state index in [0.717, 1.165) is 25.0 Å². The second-order valence-corrected chi connectivity index (χ2v) is 7.41. The van der Waals surface area contributed by atoms with Crippen LogP contribution in [0.2, 0.25) is 0 Å². The molecule has 0 aliphatic heterocycles. The predicted molar refractivity (Wildman–Crippen MR) is 105 cm³/mol. The zero-order chi connectivity index (χ0) is 17.1. The van der Waals surface area contributed by atoms with Crippen molar-refractivity contribution in [3.8, 4) is 0 Å². The monoisotopic (exact) mass is 325 g/mol. The third-order valence-electron chi connectivity index (χ3n) is 5.08. The van der Waals surface area contributed by atoms with Crippen molar-refractivity contribution < 1.29 is 0 Å². The molecule has 1 aromatic heterocycles. The van der Waals surface area contributed by atoms with Gasteiger partial charge in [-0.15, -0.1) is 0 Å². The number of hydrogen-bond acceptors (Lipinski definition) is 1. The molecule has 1 unspecified atom stereocenters. The Morgan fingerprint density at radius 3 is 2.44 bits per heavy atom. The zero-order valence-electron chi connectivity index (χ0n) is 14.7. The largest absolute Gasteiger partial charge is 0.257 e. The molecule has 3 aromatic rings. The van der Waals surface area contributed by atoms with Crippen LogP contribution in [-0.4, -0.2) is 4.98 Å². The third kappa shape index (κ3) is 3.56. The molecular formula is C24H23N. The van der Waals surface area contributed by atoms with Gasteiger partial charge in [-0.2, -0.15) is 0 Å². The molecule has 0 spiro atoms. The molecule has 0 saturated carbocycles. The third-order valence-corrected chi connectivity index (χ3v) is 5.08. The number of hydrogen-bond donors (Lipinski definition) is 0. The Kier molecular flexibility index (Phi) is 4.23. The van der Waals surface area contributed by atoms with Gasteiger partial charge in [0.05, 0.1) is 5.69 Å². The number of rotatable bonds is 3. The Hall–Kier alpha value is -2.67. The summed E-state index contributed by atoms with van der Waals surface area (Å²) in [5.41, 5.74) is 6.93. The summed E-state index contributed by atoms with van der Waals surface area (Å²) in [6.07, 6.45) is 7.43. The summed E-state index contributed by atoms with van der Waals surface area (Å²) in [6.45, 7) is 2.42. The summed E-state index contributed by atoms with van der Waals surface area (Å²) in [7, 11) is 0. The highest BCUT2D eigenvalue weighted by Gasteiger charge is 2.32. The minimum absolute atomic E-state index is 0.232. The molecule has 0 N–H and O–H groups in total. The molecule has 1 atom stereocenters. The van der Waals surface area contributed by atoms with Gasteiger partial charge in [0.15, 0.2) is 0 Å². The normalized spacial score (nSPS) is 21.1. The van der Waals surface area contributed by atoms with E-state index >= 15 is 0 Å². The van der Waals surface area contributed by atoms with Crippen LogP contribution in [0.4, 0.5) is 0 Å². The molecule has 124 valence electrons. The van der Waals surface area contributed by atoms with Crippen LogP contribution >= 0.6 is 0 Å². The molecule has 0 fully saturated rings. The number of allylic oxidation sites excluding steroid dienone is 1. The molecule has 1 heteroatoms. The Morgan fingerprint density at radius 1 is 0.880 bits per heavy atom. The number of nitrogens with zero attached hydrogens (tertiary/aromatic N) is 1. The zero-order valence-corrected chi connectivity index (χ0v) is 14.7. The van der Waals surface area contributed by atoms with E-state index in [-0.39, 0.29) is 5.41 Å². The minimum atomic E-state index is 0.232. The van der Waals surface area contributed by atoms with Gasteiger partial charge in [-0.3, -0.25) is 4.98 Å². The second kappa shape index (κ2) is 6.68. The Bertz CT molecular complexity index is 880. The van der Waals surface area contributed by atoms with Crippen LogP contribution in [0, 0.1) is 5.41 Å². The lowest BCUT2D eigenvalue weighted by Crippen LogP contribution is -2.27. The summed E-state index contributed by atoms with van der Waals surface area (Å²) >= 11 is 0. The van der Waals surface area contributed by atoms with Crippen molar-refractivity contribution in [3.05, 3.63) is 101 Å². The van der Waals surface area contributed by atoms with Crippen molar-refractivity contribution in [3.63, 3.8) is 0 Å². The summed E-state index contributed by atoms with van der Waals surface area (Å²) in [4.78, 5) is 4.50. The first-order chi connectivity index (χ1) is 12.2. The summed E-state index contributed by atoms with van der Waals surface area (Å²) in [5, 5.41) is 0. The molecule has 25 heavy (non-hydrogen) atoms. The van der Waals surface area contributed by atoms with E-state index in [0.29, 0.717) is 0 Å². The lowest BCUT2D eigenvalue weighted by Gasteiger charge is -2.37. The molecule has 0 saturated heterocycles. The fourth-order valence-corrected chi connectivity index (χ4v) is 4.05. The molecule has 1 aliphatic carbocycles. The van der Waals surface area contributed by atoms with Crippen LogP contribution in [0.25, 0.3) is 11.6 Å². The van der Waals surface area contributed by atoms with Crippen molar-refractivity contribution in [2.45, 2.75) is 26.2 Å². The minimum Gasteiger partial charge on any atom is -0.257 e. The Morgan fingerprint density at radius 2 is 1.64 bits per heavy atom. The van der Waals surface area contributed by atoms with Gasteiger partial charge in [0.25, 0.3) is 0 Å². The SMILES string of the molecule is CC1(Cc2ccccc2)C/C(=C/c2ccccn2)c2ccccc2C1. The molecule has 0 radical (unpaired) electrons. The topological polar surface area (TPSA) is 12.9 Å². The van der Waals surface area contributed by atoms with E-state index < -0.39 is 0 Å². The van der Waals surface area contributed by atoms with Crippen molar-refractivity contribution in [2.75, 3.05) is 0 Å². The highest BCUT2D eigenvalue weighted by molar-refractivity contribution is 5.83. The fourth-order valence-electron chi connectivity index (χ4n) is 4.05. The van der Waals surface area contributed by atoms with Crippen LogP contribution in [0.15, 0.2) is 79.0 Å². The van der Waals surface area contributed by atoms with Gasteiger partial charge in [0, 0.05) is 6.20 Å². The van der Waals surface area contributed by atoms with Gasteiger partial charge in [-0.05, 0) is 65.1 Å². The van der Waals surface area contributed by atoms with Gasteiger partial charge in [0.2, 0.25) is 0 Å². The number of aromatic nitrogens is 1. The van der Waals surface area contributed by atoms with Crippen LogP contribution in [0.1, 0.15) is 35.7 Å². The van der Waals surface area contributed by atoms with E-state index in [1.807, 2.05) is 12.3 Å². The first kappa shape index (κ1) is 15.8. The summed E-state index contributed by atoms with van der Waals surface area (Å²) in [5.74, 6) is 0. The molecule has 2 aromatic carbocycles. The quantitative estimate of drug-likeness (QED) is 0.591. The predicted octanol–water partition coefficient (Wildman–Crippen LogP) is 5.82. The summed E-state index contributed by atoms with van der Waals surface area (Å²) < 4.78 is 0. The number of pyridine rings is 1. The van der Waals surface area contributed by atoms with E-state index in [9.17, 15) is 0 Å². The van der Waals surface area contributed by atoms with E-state index in [4.69, 9.17) is 0 Å². The highest BCUT2D eigenvalue weighted by atomic mass is 14.6. The lowest BCUT2D eigenvalue weighted by molar-refractivity contribution is 0.320. The molecule has 1 aliphatic rings. The first-order valence-corrected chi connectivity index (χ1v) is 8.96. The van der Waals surface area contributed by atoms with Crippen molar-refractivity contribution in [1.29, 1.82) is 0 Å². The smallest absolute Gasteiger partial charge is 0.0632 e. The maximum Gasteiger partial charge on any atom is 0.0632 e. The average molecular weight is 325 g/mol. The number of benzene rings is 2. The van der Waals surface area contributed by atoms with Gasteiger partial charge < -0.3 is 0 Å². The highest BCUT2D eigenvalue weighted by Crippen LogP contribution is 2.44. The standard InChI is InChI=1S/C24H23N/c1-24(16-19-9-3-2-4-10-19)17-20-11-5-6-13-23(20)21(18-24)15-22-12-7-8-14-25-22/h2-15H,16-18H2,1H3/b21-15-. The van der Waals surface area contributed by atoms with E-state index in [1.54, 1.807) is 0 Å². The van der Waals surface area contributed by atoms with Gasteiger partial charge in [0.1, 0.15) is 0 Å². The van der Waals surface area contributed by atoms with E-state index in [2.05, 4.69) is 84.7 Å². The van der Waals surface area contributed by atoms with Crippen LogP contribution < -0.4 is 0 Å². The molecule has 1 heterocycles. The molecule has 0 amide bonds. The Balaban J connectivity index is 1.73. The lowest BCUT2D eigenvalue weighted by atomic mass is 9.67.